The number of amides is 1. The van der Waals surface area contributed by atoms with Crippen LogP contribution in [0.2, 0.25) is 0 Å². The van der Waals surface area contributed by atoms with Crippen molar-refractivity contribution in [3.63, 3.8) is 0 Å². The molecule has 0 aliphatic carbocycles. The molecule has 1 amide bonds. The minimum atomic E-state index is -1.30. The van der Waals surface area contributed by atoms with Crippen molar-refractivity contribution in [1.29, 1.82) is 0 Å². The van der Waals surface area contributed by atoms with E-state index in [1.807, 2.05) is 59.5 Å². The Hall–Kier alpha value is -4.13. The molecule has 1 fully saturated rings. The van der Waals surface area contributed by atoms with E-state index in [0.717, 1.165) is 11.3 Å². The van der Waals surface area contributed by atoms with E-state index in [-0.39, 0.29) is 23.2 Å². The van der Waals surface area contributed by atoms with Gasteiger partial charge in [0.15, 0.2) is 11.5 Å². The molecule has 2 aromatic carbocycles. The second-order valence-corrected chi connectivity index (χ2v) is 8.88. The smallest absolute Gasteiger partial charge is 0.238 e. The molecule has 34 heavy (non-hydrogen) atoms. The number of carbonyl (C=O) groups excluding carboxylic acids is 3. The molecular formula is C27H22N2O5. The average molecular weight is 454 g/mol. The summed E-state index contributed by atoms with van der Waals surface area (Å²) in [7, 11) is 1.60. The maximum atomic E-state index is 14.0. The molecule has 0 saturated carbocycles. The Morgan fingerprint density at radius 3 is 2.68 bits per heavy atom. The van der Waals surface area contributed by atoms with Gasteiger partial charge in [0.2, 0.25) is 11.7 Å². The van der Waals surface area contributed by atoms with Crippen LogP contribution in [0, 0.1) is 5.92 Å². The van der Waals surface area contributed by atoms with Crippen molar-refractivity contribution in [3.8, 4) is 5.75 Å². The maximum absolute atomic E-state index is 14.0. The number of fused-ring (bicyclic) bond motifs is 6. The first-order valence-corrected chi connectivity index (χ1v) is 11.1. The lowest BCUT2D eigenvalue weighted by molar-refractivity contribution is -0.122. The monoisotopic (exact) mass is 454 g/mol. The predicted octanol–water partition coefficient (Wildman–Crippen LogP) is 3.85. The molecule has 3 aromatic rings. The van der Waals surface area contributed by atoms with Crippen molar-refractivity contribution in [1.82, 2.24) is 0 Å². The van der Waals surface area contributed by atoms with Gasteiger partial charge in [-0.15, -0.1) is 0 Å². The van der Waals surface area contributed by atoms with Gasteiger partial charge < -0.3 is 19.4 Å². The molecule has 0 radical (unpaired) electrons. The predicted molar refractivity (Wildman–Crippen MR) is 126 cm³/mol. The fraction of sp³-hybridized carbons (Fsp3) is 0.222. The molecule has 170 valence electrons. The van der Waals surface area contributed by atoms with Crippen LogP contribution in [0.3, 0.4) is 0 Å². The number of nitrogens with zero attached hydrogens (tertiary/aromatic N) is 1. The quantitative estimate of drug-likeness (QED) is 0.603. The van der Waals surface area contributed by atoms with E-state index in [1.165, 1.54) is 13.2 Å². The standard InChI is InChI=1S/C27H22N2O5/c1-15(30)24-23(25(31)21-8-5-13-34-21)27(18-6-3-4-7-19(18)28-26(27)32)22-12-9-16-14-17(33-2)10-11-20(16)29(22)24/h3-14,22-24H,1-2H3,(H,28,32). The number of hydrogen-bond donors (Lipinski definition) is 1. The van der Waals surface area contributed by atoms with E-state index in [4.69, 9.17) is 9.15 Å². The summed E-state index contributed by atoms with van der Waals surface area (Å²) in [4.78, 5) is 43.1. The van der Waals surface area contributed by atoms with Crippen LogP contribution >= 0.6 is 0 Å². The number of ether oxygens (including phenoxy) is 1. The third-order valence-electron chi connectivity index (χ3n) is 7.30. The number of benzene rings is 2. The zero-order chi connectivity index (χ0) is 23.6. The zero-order valence-corrected chi connectivity index (χ0v) is 18.6. The molecule has 3 aliphatic heterocycles. The normalized spacial score (nSPS) is 26.1. The molecule has 1 aromatic heterocycles. The maximum Gasteiger partial charge on any atom is 0.238 e. The molecule has 3 aliphatic rings. The highest BCUT2D eigenvalue weighted by molar-refractivity contribution is 6.16. The summed E-state index contributed by atoms with van der Waals surface area (Å²) in [6, 6.07) is 14.8. The van der Waals surface area contributed by atoms with E-state index in [9.17, 15) is 14.4 Å². The molecule has 0 bridgehead atoms. The van der Waals surface area contributed by atoms with Crippen LogP contribution < -0.4 is 15.0 Å². The highest BCUT2D eigenvalue weighted by Gasteiger charge is 2.70. The number of furan rings is 1. The minimum Gasteiger partial charge on any atom is -0.497 e. The van der Waals surface area contributed by atoms with E-state index >= 15 is 0 Å². The molecule has 1 N–H and O–H groups in total. The van der Waals surface area contributed by atoms with Crippen molar-refractivity contribution in [2.75, 3.05) is 17.3 Å². The van der Waals surface area contributed by atoms with E-state index in [2.05, 4.69) is 5.32 Å². The van der Waals surface area contributed by atoms with Crippen molar-refractivity contribution >= 4 is 34.9 Å². The van der Waals surface area contributed by atoms with Gasteiger partial charge in [-0.05, 0) is 48.9 Å². The van der Waals surface area contributed by atoms with Gasteiger partial charge in [-0.2, -0.15) is 0 Å². The van der Waals surface area contributed by atoms with Gasteiger partial charge in [-0.3, -0.25) is 14.4 Å². The lowest BCUT2D eigenvalue weighted by Gasteiger charge is -2.37. The molecule has 7 nitrogen and oxygen atoms in total. The molecule has 4 atom stereocenters. The van der Waals surface area contributed by atoms with Gasteiger partial charge in [-0.25, -0.2) is 0 Å². The number of rotatable bonds is 4. The summed E-state index contributed by atoms with van der Waals surface area (Å²) in [6.45, 7) is 1.48. The van der Waals surface area contributed by atoms with Gasteiger partial charge in [0.05, 0.1) is 31.4 Å². The number of hydrogen-bond acceptors (Lipinski definition) is 6. The summed E-state index contributed by atoms with van der Waals surface area (Å²) in [6.07, 6.45) is 5.29. The SMILES string of the molecule is COc1ccc2c(c1)C=CC1N2C(C(C)=O)C(C(=O)c2ccco2)C12C(=O)Nc1ccccc12. The van der Waals surface area contributed by atoms with Crippen LogP contribution in [-0.2, 0) is 15.0 Å². The zero-order valence-electron chi connectivity index (χ0n) is 18.6. The van der Waals surface area contributed by atoms with Gasteiger partial charge in [-0.1, -0.05) is 30.4 Å². The van der Waals surface area contributed by atoms with Crippen molar-refractivity contribution in [3.05, 3.63) is 83.8 Å². The molecule has 4 heterocycles. The number of methoxy groups -OCH3 is 1. The minimum absolute atomic E-state index is 0.131. The van der Waals surface area contributed by atoms with Gasteiger partial charge in [0, 0.05) is 16.9 Å². The number of ketones is 2. The number of anilines is 2. The lowest BCUT2D eigenvalue weighted by Crippen LogP contribution is -2.51. The Bertz CT molecular complexity index is 1380. The van der Waals surface area contributed by atoms with E-state index < -0.39 is 23.4 Å². The average Bonchev–Trinajstić information content (AvgIpc) is 3.55. The molecule has 1 saturated heterocycles. The van der Waals surface area contributed by atoms with E-state index in [0.29, 0.717) is 17.0 Å². The third-order valence-corrected chi connectivity index (χ3v) is 7.30. The summed E-state index contributed by atoms with van der Waals surface area (Å²) in [5.74, 6) is -1.02. The second kappa shape index (κ2) is 7.18. The van der Waals surface area contributed by atoms with Crippen LogP contribution in [-0.4, -0.2) is 36.7 Å². The fourth-order valence-electron chi connectivity index (χ4n) is 6.01. The number of Topliss-reactive ketones (excluding diaryl/α,β-unsaturated/α-hetero) is 2. The molecule has 6 rings (SSSR count). The number of para-hydroxylation sites is 1. The third kappa shape index (κ3) is 2.49. The Morgan fingerprint density at radius 1 is 1.12 bits per heavy atom. The van der Waals surface area contributed by atoms with Crippen molar-refractivity contribution in [2.45, 2.75) is 24.4 Å². The van der Waals surface area contributed by atoms with Crippen LogP contribution in [0.15, 0.2) is 71.4 Å². The fourth-order valence-corrected chi connectivity index (χ4v) is 6.01. The summed E-state index contributed by atoms with van der Waals surface area (Å²) in [5.41, 5.74) is 1.70. The number of carbonyl (C=O) groups is 3. The first-order chi connectivity index (χ1) is 16.5. The lowest BCUT2D eigenvalue weighted by atomic mass is 9.65. The summed E-state index contributed by atoms with van der Waals surface area (Å²) in [5, 5.41) is 2.98. The van der Waals surface area contributed by atoms with Gasteiger partial charge >= 0.3 is 0 Å². The highest BCUT2D eigenvalue weighted by Crippen LogP contribution is 2.57. The molecule has 4 unspecified atom stereocenters. The van der Waals surface area contributed by atoms with Gasteiger partial charge in [0.25, 0.3) is 0 Å². The first-order valence-electron chi connectivity index (χ1n) is 11.1. The van der Waals surface area contributed by atoms with Crippen molar-refractivity contribution < 1.29 is 23.5 Å². The van der Waals surface area contributed by atoms with Crippen LogP contribution in [0.25, 0.3) is 6.08 Å². The van der Waals surface area contributed by atoms with Gasteiger partial charge in [0.1, 0.15) is 11.2 Å². The van der Waals surface area contributed by atoms with Crippen LogP contribution in [0.5, 0.6) is 5.75 Å². The van der Waals surface area contributed by atoms with Crippen LogP contribution in [0.1, 0.15) is 28.6 Å². The summed E-state index contributed by atoms with van der Waals surface area (Å²) >= 11 is 0. The van der Waals surface area contributed by atoms with Crippen molar-refractivity contribution in [2.24, 2.45) is 5.92 Å². The molecule has 7 heteroatoms. The largest absolute Gasteiger partial charge is 0.497 e. The number of nitrogens with one attached hydrogen (secondary N) is 1. The Labute approximate surface area is 196 Å². The van der Waals surface area contributed by atoms with E-state index in [1.54, 1.807) is 19.2 Å². The molecule has 1 spiro atoms. The Balaban J connectivity index is 1.65. The van der Waals surface area contributed by atoms with Crippen LogP contribution in [0.4, 0.5) is 11.4 Å². The topological polar surface area (TPSA) is 88.8 Å². The second-order valence-electron chi connectivity index (χ2n) is 8.88. The summed E-state index contributed by atoms with van der Waals surface area (Å²) < 4.78 is 10.9. The molecular weight excluding hydrogens is 432 g/mol. The Morgan fingerprint density at radius 2 is 1.94 bits per heavy atom. The first kappa shape index (κ1) is 20.5. The highest BCUT2D eigenvalue weighted by atomic mass is 16.5. The Kier molecular flexibility index (Phi) is 4.33.